The van der Waals surface area contributed by atoms with Gasteiger partial charge in [-0.25, -0.2) is 4.68 Å². The summed E-state index contributed by atoms with van der Waals surface area (Å²) < 4.78 is 8.48. The molecule has 0 saturated heterocycles. The van der Waals surface area contributed by atoms with Gasteiger partial charge in [-0.15, -0.1) is 0 Å². The summed E-state index contributed by atoms with van der Waals surface area (Å²) >= 11 is 6.17. The highest BCUT2D eigenvalue weighted by Gasteiger charge is 2.40. The van der Waals surface area contributed by atoms with Crippen LogP contribution in [0, 0.1) is 0 Å². The monoisotopic (exact) mass is 412 g/mol. The van der Waals surface area contributed by atoms with Gasteiger partial charge in [-0.2, -0.15) is 10.1 Å². The van der Waals surface area contributed by atoms with Crippen molar-refractivity contribution in [1.29, 1.82) is 0 Å². The van der Waals surface area contributed by atoms with Gasteiger partial charge in [0.1, 0.15) is 24.2 Å². The minimum Gasteiger partial charge on any atom is -0.480 e. The number of para-hydroxylation sites is 1. The van der Waals surface area contributed by atoms with E-state index in [1.165, 1.54) is 0 Å². The number of anilines is 1. The van der Waals surface area contributed by atoms with Crippen LogP contribution in [0.5, 0.6) is 5.75 Å². The first-order valence-electron chi connectivity index (χ1n) is 9.76. The number of halogens is 1. The fourth-order valence-electron chi connectivity index (χ4n) is 4.29. The van der Waals surface area contributed by atoms with Gasteiger partial charge >= 0.3 is 0 Å². The summed E-state index contributed by atoms with van der Waals surface area (Å²) in [6, 6.07) is 26.1. The number of nitrogens with one attached hydrogen (secondary N) is 1. The number of nitrogens with zero attached hydrogens (tertiary/aromatic N) is 3. The minimum atomic E-state index is -0.262. The van der Waals surface area contributed by atoms with Crippen LogP contribution >= 0.6 is 11.6 Å². The second-order valence-corrected chi connectivity index (χ2v) is 7.78. The van der Waals surface area contributed by atoms with Gasteiger partial charge in [0.2, 0.25) is 5.95 Å². The number of benzene rings is 3. The summed E-state index contributed by atoms with van der Waals surface area (Å²) in [5.41, 5.74) is 5.30. The maximum atomic E-state index is 6.57. The lowest BCUT2D eigenvalue weighted by Crippen LogP contribution is -2.32. The van der Waals surface area contributed by atoms with E-state index >= 15 is 0 Å². The second-order valence-electron chi connectivity index (χ2n) is 7.34. The largest absolute Gasteiger partial charge is 0.480 e. The number of hydrogen-bond donors (Lipinski definition) is 1. The summed E-state index contributed by atoms with van der Waals surface area (Å²) in [7, 11) is 0. The zero-order valence-corrected chi connectivity index (χ0v) is 16.6. The van der Waals surface area contributed by atoms with E-state index in [2.05, 4.69) is 33.6 Å². The zero-order chi connectivity index (χ0) is 20.1. The highest BCUT2D eigenvalue weighted by atomic mass is 35.5. The standard InChI is InChI=1S/C24H17ClN4O/c25-17-12-10-15(11-13-17)22-20-21(28-24-26-14-27-29(22)24)18-8-4-5-9-19(18)30-23(20)16-6-2-1-3-7-16/h1-14,22-23H,(H,26,27,28)/t22-,23-/m1/s1. The first-order chi connectivity index (χ1) is 14.8. The fraction of sp³-hybridized carbons (Fsp3) is 0.0833. The molecule has 0 unspecified atom stereocenters. The Hall–Kier alpha value is -3.57. The van der Waals surface area contributed by atoms with Gasteiger partial charge in [0.25, 0.3) is 0 Å². The number of hydrogen-bond acceptors (Lipinski definition) is 4. The van der Waals surface area contributed by atoms with Crippen molar-refractivity contribution in [2.24, 2.45) is 0 Å². The van der Waals surface area contributed by atoms with E-state index < -0.39 is 0 Å². The lowest BCUT2D eigenvalue weighted by atomic mass is 9.84. The van der Waals surface area contributed by atoms with Crippen LogP contribution in [0.25, 0.3) is 5.70 Å². The Bertz CT molecular complexity index is 1260. The van der Waals surface area contributed by atoms with Crippen molar-refractivity contribution in [3.8, 4) is 5.75 Å². The maximum Gasteiger partial charge on any atom is 0.226 e. The first-order valence-corrected chi connectivity index (χ1v) is 10.1. The minimum absolute atomic E-state index is 0.172. The van der Waals surface area contributed by atoms with Crippen molar-refractivity contribution >= 4 is 23.2 Å². The number of aromatic nitrogens is 3. The molecule has 6 heteroatoms. The predicted octanol–water partition coefficient (Wildman–Crippen LogP) is 5.49. The smallest absolute Gasteiger partial charge is 0.226 e. The third-order valence-corrected chi connectivity index (χ3v) is 5.86. The molecule has 0 aliphatic carbocycles. The summed E-state index contributed by atoms with van der Waals surface area (Å²) in [4.78, 5) is 4.45. The van der Waals surface area contributed by atoms with E-state index in [0.29, 0.717) is 11.0 Å². The van der Waals surface area contributed by atoms with Gasteiger partial charge in [0, 0.05) is 16.2 Å². The Kier molecular flexibility index (Phi) is 3.89. The lowest BCUT2D eigenvalue weighted by molar-refractivity contribution is 0.223. The van der Waals surface area contributed by atoms with Gasteiger partial charge in [-0.1, -0.05) is 66.2 Å². The summed E-state index contributed by atoms with van der Waals surface area (Å²) in [6.45, 7) is 0. The molecule has 30 heavy (non-hydrogen) atoms. The lowest BCUT2D eigenvalue weighted by Gasteiger charge is -2.39. The SMILES string of the molecule is Clc1ccc([C@@H]2C3=C(Nc4ncnn42)c2ccccc2O[C@@H]3c2ccccc2)cc1. The van der Waals surface area contributed by atoms with Gasteiger partial charge in [-0.05, 0) is 35.4 Å². The van der Waals surface area contributed by atoms with Gasteiger partial charge in [0.05, 0.1) is 5.70 Å². The molecule has 2 atom stereocenters. The molecule has 0 spiro atoms. The molecule has 0 bridgehead atoms. The molecule has 0 amide bonds. The molecule has 0 saturated carbocycles. The van der Waals surface area contributed by atoms with Crippen molar-refractivity contribution in [2.45, 2.75) is 12.1 Å². The summed E-state index contributed by atoms with van der Waals surface area (Å²) in [5, 5.41) is 8.74. The molecule has 0 radical (unpaired) electrons. The highest BCUT2D eigenvalue weighted by Crippen LogP contribution is 2.50. The number of ether oxygens (including phenoxy) is 1. The van der Waals surface area contributed by atoms with Crippen LogP contribution in [0.4, 0.5) is 5.95 Å². The van der Waals surface area contributed by atoms with E-state index in [1.807, 2.05) is 65.3 Å². The average molecular weight is 413 g/mol. The average Bonchev–Trinajstić information content (AvgIpc) is 3.27. The topological polar surface area (TPSA) is 52.0 Å². The molecule has 2 aliphatic heterocycles. The Morgan fingerprint density at radius 1 is 0.867 bits per heavy atom. The number of rotatable bonds is 2. The Morgan fingerprint density at radius 2 is 1.63 bits per heavy atom. The quantitative estimate of drug-likeness (QED) is 0.473. The van der Waals surface area contributed by atoms with Gasteiger partial charge in [0.15, 0.2) is 0 Å². The molecule has 6 rings (SSSR count). The summed E-state index contributed by atoms with van der Waals surface area (Å²) in [6.07, 6.45) is 1.31. The van der Waals surface area contributed by atoms with E-state index in [4.69, 9.17) is 16.3 Å². The Labute approximate surface area is 178 Å². The highest BCUT2D eigenvalue weighted by molar-refractivity contribution is 6.30. The molecule has 0 fully saturated rings. The first kappa shape index (κ1) is 17.3. The van der Waals surface area contributed by atoms with Gasteiger partial charge < -0.3 is 10.1 Å². The molecular formula is C24H17ClN4O. The van der Waals surface area contributed by atoms with E-state index in [-0.39, 0.29) is 12.1 Å². The maximum absolute atomic E-state index is 6.57. The predicted molar refractivity (Wildman–Crippen MR) is 116 cm³/mol. The van der Waals surface area contributed by atoms with Gasteiger partial charge in [-0.3, -0.25) is 0 Å². The van der Waals surface area contributed by atoms with Crippen molar-refractivity contribution < 1.29 is 4.74 Å². The van der Waals surface area contributed by atoms with Crippen molar-refractivity contribution in [2.75, 3.05) is 5.32 Å². The van der Waals surface area contributed by atoms with Crippen LogP contribution in [0.3, 0.4) is 0 Å². The molecule has 3 heterocycles. The Balaban J connectivity index is 1.63. The van der Waals surface area contributed by atoms with Crippen LogP contribution in [-0.4, -0.2) is 14.8 Å². The molecule has 146 valence electrons. The van der Waals surface area contributed by atoms with Crippen LogP contribution in [0.2, 0.25) is 5.02 Å². The fourth-order valence-corrected chi connectivity index (χ4v) is 4.41. The van der Waals surface area contributed by atoms with Crippen molar-refractivity contribution in [1.82, 2.24) is 14.8 Å². The van der Waals surface area contributed by atoms with Crippen LogP contribution in [-0.2, 0) is 0 Å². The third kappa shape index (κ3) is 2.63. The summed E-state index contributed by atoms with van der Waals surface area (Å²) in [5.74, 6) is 1.55. The van der Waals surface area contributed by atoms with E-state index in [9.17, 15) is 0 Å². The number of fused-ring (bicyclic) bond motifs is 3. The van der Waals surface area contributed by atoms with Crippen molar-refractivity contribution in [3.05, 3.63) is 112 Å². The molecule has 3 aromatic carbocycles. The molecular weight excluding hydrogens is 396 g/mol. The van der Waals surface area contributed by atoms with Crippen LogP contribution < -0.4 is 10.1 Å². The Morgan fingerprint density at radius 3 is 2.47 bits per heavy atom. The normalized spacial score (nSPS) is 19.2. The molecule has 1 N–H and O–H groups in total. The van der Waals surface area contributed by atoms with Crippen LogP contribution in [0.1, 0.15) is 28.8 Å². The molecule has 5 nitrogen and oxygen atoms in total. The van der Waals surface area contributed by atoms with E-state index in [0.717, 1.165) is 33.7 Å². The second kappa shape index (κ2) is 6.75. The van der Waals surface area contributed by atoms with Crippen LogP contribution in [0.15, 0.2) is 90.8 Å². The molecule has 4 aromatic rings. The molecule has 2 aliphatic rings. The van der Waals surface area contributed by atoms with E-state index in [1.54, 1.807) is 6.33 Å². The van der Waals surface area contributed by atoms with Crippen molar-refractivity contribution in [3.63, 3.8) is 0 Å². The molecule has 1 aromatic heterocycles. The third-order valence-electron chi connectivity index (χ3n) is 5.61. The zero-order valence-electron chi connectivity index (χ0n) is 15.9.